The van der Waals surface area contributed by atoms with E-state index < -0.39 is 0 Å². The van der Waals surface area contributed by atoms with Crippen molar-refractivity contribution in [3.05, 3.63) is 29.8 Å². The van der Waals surface area contributed by atoms with Gasteiger partial charge in [0, 0.05) is 25.8 Å². The van der Waals surface area contributed by atoms with Crippen LogP contribution in [0.1, 0.15) is 30.1 Å². The van der Waals surface area contributed by atoms with Gasteiger partial charge in [0.2, 0.25) is 0 Å². The van der Waals surface area contributed by atoms with Crippen molar-refractivity contribution in [1.29, 1.82) is 0 Å². The standard InChI is InChI=1S/C16H23NO3/c1-3-20-15-8-6-14(7-9-15)16(18)17-10-4-5-13(11-17)12-19-2/h6-9,13H,3-5,10-12H2,1-2H3. The minimum absolute atomic E-state index is 0.105. The Kier molecular flexibility index (Phi) is 5.41. The van der Waals surface area contributed by atoms with Crippen LogP contribution in [-0.2, 0) is 4.74 Å². The van der Waals surface area contributed by atoms with Gasteiger partial charge in [-0.15, -0.1) is 0 Å². The summed E-state index contributed by atoms with van der Waals surface area (Å²) >= 11 is 0. The molecule has 1 aliphatic rings. The Labute approximate surface area is 120 Å². The zero-order valence-corrected chi connectivity index (χ0v) is 12.3. The highest BCUT2D eigenvalue weighted by molar-refractivity contribution is 5.94. The molecule has 1 unspecified atom stereocenters. The number of nitrogens with zero attached hydrogens (tertiary/aromatic N) is 1. The van der Waals surface area contributed by atoms with Gasteiger partial charge in [-0.3, -0.25) is 4.79 Å². The zero-order chi connectivity index (χ0) is 14.4. The van der Waals surface area contributed by atoms with Crippen molar-refractivity contribution in [3.8, 4) is 5.75 Å². The molecular formula is C16H23NO3. The van der Waals surface area contributed by atoms with E-state index in [4.69, 9.17) is 9.47 Å². The van der Waals surface area contributed by atoms with Crippen LogP contribution in [-0.4, -0.2) is 44.2 Å². The van der Waals surface area contributed by atoms with Crippen molar-refractivity contribution in [2.24, 2.45) is 5.92 Å². The monoisotopic (exact) mass is 277 g/mol. The first-order chi connectivity index (χ1) is 9.74. The molecule has 1 fully saturated rings. The summed E-state index contributed by atoms with van der Waals surface area (Å²) in [5, 5.41) is 0. The Balaban J connectivity index is 1.99. The molecule has 1 aromatic rings. The summed E-state index contributed by atoms with van der Waals surface area (Å²) in [6.07, 6.45) is 2.19. The van der Waals surface area contributed by atoms with Gasteiger partial charge in [0.15, 0.2) is 0 Å². The van der Waals surface area contributed by atoms with Gasteiger partial charge in [0.1, 0.15) is 5.75 Å². The number of hydrogen-bond donors (Lipinski definition) is 0. The molecular weight excluding hydrogens is 254 g/mol. The summed E-state index contributed by atoms with van der Waals surface area (Å²) in [6, 6.07) is 7.39. The lowest BCUT2D eigenvalue weighted by Gasteiger charge is -2.32. The van der Waals surface area contributed by atoms with Crippen LogP contribution in [0.25, 0.3) is 0 Å². The molecule has 110 valence electrons. The van der Waals surface area contributed by atoms with Crippen molar-refractivity contribution >= 4 is 5.91 Å². The van der Waals surface area contributed by atoms with Gasteiger partial charge in [0.25, 0.3) is 5.91 Å². The van der Waals surface area contributed by atoms with Gasteiger partial charge in [-0.05, 0) is 49.9 Å². The number of carbonyl (C=O) groups is 1. The second-order valence-electron chi connectivity index (χ2n) is 5.17. The van der Waals surface area contributed by atoms with Crippen LogP contribution < -0.4 is 4.74 Å². The largest absolute Gasteiger partial charge is 0.494 e. The molecule has 20 heavy (non-hydrogen) atoms. The second-order valence-corrected chi connectivity index (χ2v) is 5.17. The van der Waals surface area contributed by atoms with E-state index in [2.05, 4.69) is 0 Å². The van der Waals surface area contributed by atoms with E-state index in [0.717, 1.165) is 43.9 Å². The Morgan fingerprint density at radius 1 is 1.35 bits per heavy atom. The average molecular weight is 277 g/mol. The molecule has 1 heterocycles. The van der Waals surface area contributed by atoms with Crippen molar-refractivity contribution < 1.29 is 14.3 Å². The van der Waals surface area contributed by atoms with Crippen molar-refractivity contribution in [1.82, 2.24) is 4.90 Å². The van der Waals surface area contributed by atoms with Crippen LogP contribution in [0.4, 0.5) is 0 Å². The van der Waals surface area contributed by atoms with Gasteiger partial charge >= 0.3 is 0 Å². The Morgan fingerprint density at radius 3 is 2.75 bits per heavy atom. The van der Waals surface area contributed by atoms with Crippen LogP contribution in [0.3, 0.4) is 0 Å². The number of rotatable bonds is 5. The van der Waals surface area contributed by atoms with Crippen LogP contribution in [0.2, 0.25) is 0 Å². The minimum atomic E-state index is 0.105. The fourth-order valence-corrected chi connectivity index (χ4v) is 2.66. The molecule has 0 saturated carbocycles. The molecule has 1 aromatic carbocycles. The van der Waals surface area contributed by atoms with E-state index in [9.17, 15) is 4.79 Å². The third kappa shape index (κ3) is 3.73. The first-order valence-electron chi connectivity index (χ1n) is 7.25. The highest BCUT2D eigenvalue weighted by Gasteiger charge is 2.24. The van der Waals surface area contributed by atoms with Crippen LogP contribution in [0.5, 0.6) is 5.75 Å². The van der Waals surface area contributed by atoms with E-state index in [0.29, 0.717) is 12.5 Å². The van der Waals surface area contributed by atoms with Crippen LogP contribution >= 0.6 is 0 Å². The fraction of sp³-hybridized carbons (Fsp3) is 0.562. The molecule has 0 spiro atoms. The maximum atomic E-state index is 12.5. The number of ether oxygens (including phenoxy) is 2. The molecule has 4 nitrogen and oxygen atoms in total. The normalized spacial score (nSPS) is 18.9. The molecule has 0 aliphatic carbocycles. The van der Waals surface area contributed by atoms with Gasteiger partial charge in [0.05, 0.1) is 13.2 Å². The van der Waals surface area contributed by atoms with Gasteiger partial charge in [-0.2, -0.15) is 0 Å². The van der Waals surface area contributed by atoms with E-state index >= 15 is 0 Å². The maximum Gasteiger partial charge on any atom is 0.253 e. The number of piperidine rings is 1. The Morgan fingerprint density at radius 2 is 2.10 bits per heavy atom. The predicted octanol–water partition coefficient (Wildman–Crippen LogP) is 2.58. The van der Waals surface area contributed by atoms with Gasteiger partial charge in [-0.1, -0.05) is 0 Å². The molecule has 1 saturated heterocycles. The molecule has 0 radical (unpaired) electrons. The third-order valence-electron chi connectivity index (χ3n) is 3.62. The van der Waals surface area contributed by atoms with E-state index in [-0.39, 0.29) is 5.91 Å². The smallest absolute Gasteiger partial charge is 0.253 e. The lowest BCUT2D eigenvalue weighted by atomic mass is 9.98. The van der Waals surface area contributed by atoms with E-state index in [1.807, 2.05) is 36.1 Å². The van der Waals surface area contributed by atoms with E-state index in [1.54, 1.807) is 7.11 Å². The summed E-state index contributed by atoms with van der Waals surface area (Å²) in [6.45, 7) is 4.94. The molecule has 0 N–H and O–H groups in total. The lowest BCUT2D eigenvalue weighted by molar-refractivity contribution is 0.0571. The number of methoxy groups -OCH3 is 1. The number of carbonyl (C=O) groups excluding carboxylic acids is 1. The molecule has 2 rings (SSSR count). The number of amides is 1. The Bertz CT molecular complexity index is 428. The fourth-order valence-electron chi connectivity index (χ4n) is 2.66. The summed E-state index contributed by atoms with van der Waals surface area (Å²) < 4.78 is 10.6. The topological polar surface area (TPSA) is 38.8 Å². The van der Waals surface area contributed by atoms with Crippen molar-refractivity contribution in [3.63, 3.8) is 0 Å². The van der Waals surface area contributed by atoms with Gasteiger partial charge in [-0.25, -0.2) is 0 Å². The molecule has 0 bridgehead atoms. The van der Waals surface area contributed by atoms with Crippen LogP contribution in [0.15, 0.2) is 24.3 Å². The number of hydrogen-bond acceptors (Lipinski definition) is 3. The summed E-state index contributed by atoms with van der Waals surface area (Å²) in [5.41, 5.74) is 0.728. The zero-order valence-electron chi connectivity index (χ0n) is 12.3. The predicted molar refractivity (Wildman–Crippen MR) is 78.1 cm³/mol. The van der Waals surface area contributed by atoms with Crippen molar-refractivity contribution in [2.45, 2.75) is 19.8 Å². The van der Waals surface area contributed by atoms with Crippen molar-refractivity contribution in [2.75, 3.05) is 33.4 Å². The lowest BCUT2D eigenvalue weighted by Crippen LogP contribution is -2.41. The summed E-state index contributed by atoms with van der Waals surface area (Å²) in [5.74, 6) is 1.37. The molecule has 0 aromatic heterocycles. The highest BCUT2D eigenvalue weighted by Crippen LogP contribution is 2.20. The maximum absolute atomic E-state index is 12.5. The third-order valence-corrected chi connectivity index (χ3v) is 3.62. The van der Waals surface area contributed by atoms with E-state index in [1.165, 1.54) is 0 Å². The molecule has 1 amide bonds. The second kappa shape index (κ2) is 7.29. The molecule has 1 aliphatic heterocycles. The molecule has 4 heteroatoms. The minimum Gasteiger partial charge on any atom is -0.494 e. The SMILES string of the molecule is CCOc1ccc(C(=O)N2CCCC(COC)C2)cc1. The van der Waals surface area contributed by atoms with Gasteiger partial charge < -0.3 is 14.4 Å². The first kappa shape index (κ1) is 14.9. The summed E-state index contributed by atoms with van der Waals surface area (Å²) in [4.78, 5) is 14.4. The Hall–Kier alpha value is -1.55. The number of benzene rings is 1. The molecule has 1 atom stereocenters. The average Bonchev–Trinajstić information content (AvgIpc) is 2.48. The first-order valence-corrected chi connectivity index (χ1v) is 7.25. The summed E-state index contributed by atoms with van der Waals surface area (Å²) in [7, 11) is 1.72. The number of likely N-dealkylation sites (tertiary alicyclic amines) is 1. The highest BCUT2D eigenvalue weighted by atomic mass is 16.5. The van der Waals surface area contributed by atoms with Crippen LogP contribution in [0, 0.1) is 5.92 Å². The quantitative estimate of drug-likeness (QED) is 0.830.